The van der Waals surface area contributed by atoms with Crippen LogP contribution in [0.3, 0.4) is 0 Å². The molecule has 2 aromatic carbocycles. The van der Waals surface area contributed by atoms with Crippen LogP contribution in [0.5, 0.6) is 0 Å². The van der Waals surface area contributed by atoms with Gasteiger partial charge in [-0.1, -0.05) is 24.6 Å². The minimum absolute atomic E-state index is 0.131. The predicted octanol–water partition coefficient (Wildman–Crippen LogP) is 4.88. The Morgan fingerprint density at radius 2 is 1.81 bits per heavy atom. The van der Waals surface area contributed by atoms with Gasteiger partial charge >= 0.3 is 6.18 Å². The maximum atomic E-state index is 13.4. The maximum absolute atomic E-state index is 13.4. The summed E-state index contributed by atoms with van der Waals surface area (Å²) in [6, 6.07) is 12.0. The van der Waals surface area contributed by atoms with E-state index in [-0.39, 0.29) is 5.91 Å². The van der Waals surface area contributed by atoms with E-state index in [1.165, 1.54) is 6.07 Å². The Morgan fingerprint density at radius 3 is 2.44 bits per heavy atom. The first-order valence-corrected chi connectivity index (χ1v) is 12.3. The molecule has 0 saturated heterocycles. The highest BCUT2D eigenvalue weighted by molar-refractivity contribution is 5.99. The number of carbonyl (C=O) groups is 1. The van der Waals surface area contributed by atoms with E-state index in [9.17, 15) is 18.0 Å². The zero-order chi connectivity index (χ0) is 26.3. The molecule has 0 saturated carbocycles. The number of carbonyl (C=O) groups excluding carboxylic acids is 1. The molecule has 0 aromatic heterocycles. The molecule has 4 N–H and O–H groups in total. The monoisotopic (exact) mass is 503 g/mol. The summed E-state index contributed by atoms with van der Waals surface area (Å²) in [6.45, 7) is 4.40. The number of nitrogen functional groups attached to an aromatic ring is 1. The van der Waals surface area contributed by atoms with Crippen LogP contribution in [0, 0.1) is 0 Å². The molecule has 0 fully saturated rings. The lowest BCUT2D eigenvalue weighted by Crippen LogP contribution is -2.32. The fourth-order valence-electron chi connectivity index (χ4n) is 4.31. The van der Waals surface area contributed by atoms with Crippen molar-refractivity contribution in [2.24, 2.45) is 0 Å². The van der Waals surface area contributed by atoms with Crippen LogP contribution in [0.2, 0.25) is 0 Å². The van der Waals surface area contributed by atoms with Crippen LogP contribution in [0.25, 0.3) is 0 Å². The van der Waals surface area contributed by atoms with Crippen molar-refractivity contribution in [2.75, 3.05) is 51.3 Å². The van der Waals surface area contributed by atoms with Crippen molar-refractivity contribution in [3.05, 3.63) is 70.9 Å². The zero-order valence-corrected chi connectivity index (χ0v) is 21.2. The van der Waals surface area contributed by atoms with Crippen LogP contribution in [0.1, 0.15) is 43.4 Å². The summed E-state index contributed by atoms with van der Waals surface area (Å²) < 4.78 is 39.8. The summed E-state index contributed by atoms with van der Waals surface area (Å²) in [5, 5.41) is 6.66. The minimum Gasteiger partial charge on any atom is -0.399 e. The molecule has 1 atom stereocenters. The molecule has 0 spiro atoms. The van der Waals surface area contributed by atoms with Gasteiger partial charge in [0.1, 0.15) is 0 Å². The van der Waals surface area contributed by atoms with Crippen molar-refractivity contribution in [3.8, 4) is 0 Å². The summed E-state index contributed by atoms with van der Waals surface area (Å²) in [4.78, 5) is 17.3. The number of unbranched alkanes of at least 4 members (excludes halogenated alkanes) is 2. The molecule has 1 aliphatic heterocycles. The SMILES string of the molecule is CCN1CC(Nc2cccc(C(F)(F)F)c2)=C([C@H](NCCCCCN(C)C)c2ccc(N)cc2)C1=O. The van der Waals surface area contributed by atoms with Gasteiger partial charge in [-0.15, -0.1) is 0 Å². The highest BCUT2D eigenvalue weighted by Gasteiger charge is 2.36. The molecule has 1 heterocycles. The molecule has 9 heteroatoms. The first kappa shape index (κ1) is 27.5. The van der Waals surface area contributed by atoms with Gasteiger partial charge in [0, 0.05) is 23.6 Å². The second kappa shape index (κ2) is 12.3. The van der Waals surface area contributed by atoms with Crippen LogP contribution in [0.4, 0.5) is 24.5 Å². The number of nitrogens with zero attached hydrogens (tertiary/aromatic N) is 2. The molecule has 0 unspecified atom stereocenters. The van der Waals surface area contributed by atoms with Gasteiger partial charge in [-0.05, 0) is 82.8 Å². The third-order valence-corrected chi connectivity index (χ3v) is 6.25. The lowest BCUT2D eigenvalue weighted by Gasteiger charge is -2.22. The maximum Gasteiger partial charge on any atom is 0.416 e. The van der Waals surface area contributed by atoms with E-state index in [2.05, 4.69) is 15.5 Å². The van der Waals surface area contributed by atoms with Gasteiger partial charge in [-0.25, -0.2) is 0 Å². The Bertz CT molecular complexity index is 1050. The van der Waals surface area contributed by atoms with Gasteiger partial charge in [0.2, 0.25) is 0 Å². The fourth-order valence-corrected chi connectivity index (χ4v) is 4.31. The van der Waals surface area contributed by atoms with E-state index in [0.717, 1.165) is 43.5 Å². The van der Waals surface area contributed by atoms with Gasteiger partial charge in [0.25, 0.3) is 5.91 Å². The molecule has 6 nitrogen and oxygen atoms in total. The van der Waals surface area contributed by atoms with Gasteiger partial charge in [-0.2, -0.15) is 13.2 Å². The van der Waals surface area contributed by atoms with Crippen molar-refractivity contribution in [1.29, 1.82) is 0 Å². The largest absolute Gasteiger partial charge is 0.416 e. The van der Waals surface area contributed by atoms with Crippen molar-refractivity contribution >= 4 is 17.3 Å². The molecule has 1 amide bonds. The zero-order valence-electron chi connectivity index (χ0n) is 21.2. The van der Waals surface area contributed by atoms with Crippen LogP contribution in [-0.4, -0.2) is 56.0 Å². The standard InChI is InChI=1S/C27H36F3N5O/c1-4-35-18-23(33-22-10-8-9-20(17-22)27(28,29)30)24(26(35)36)25(19-11-13-21(31)14-12-19)32-15-6-5-7-16-34(2)3/h8-14,17,25,32-33H,4-7,15-16,18,31H2,1-3H3/t25-/m1/s1. The number of nitrogens with one attached hydrogen (secondary N) is 2. The number of nitrogens with two attached hydrogens (primary N) is 1. The summed E-state index contributed by atoms with van der Waals surface area (Å²) >= 11 is 0. The highest BCUT2D eigenvalue weighted by Crippen LogP contribution is 2.34. The second-order valence-corrected chi connectivity index (χ2v) is 9.33. The molecular formula is C27H36F3N5O. The van der Waals surface area contributed by atoms with Gasteiger partial charge in [-0.3, -0.25) is 4.79 Å². The van der Waals surface area contributed by atoms with Gasteiger partial charge < -0.3 is 26.2 Å². The van der Waals surface area contributed by atoms with Crippen LogP contribution in [-0.2, 0) is 11.0 Å². The Balaban J connectivity index is 1.90. The summed E-state index contributed by atoms with van der Waals surface area (Å²) in [6.07, 6.45) is -1.39. The van der Waals surface area contributed by atoms with Crippen molar-refractivity contribution in [2.45, 2.75) is 38.4 Å². The molecule has 3 rings (SSSR count). The third-order valence-electron chi connectivity index (χ3n) is 6.25. The summed E-state index contributed by atoms with van der Waals surface area (Å²) in [5.41, 5.74) is 8.06. The normalized spacial score (nSPS) is 15.2. The molecule has 0 aliphatic carbocycles. The number of hydrogen-bond acceptors (Lipinski definition) is 5. The molecule has 36 heavy (non-hydrogen) atoms. The number of halogens is 3. The number of benzene rings is 2. The fraction of sp³-hybridized carbons (Fsp3) is 0.444. The second-order valence-electron chi connectivity index (χ2n) is 9.33. The lowest BCUT2D eigenvalue weighted by atomic mass is 9.96. The molecule has 0 radical (unpaired) electrons. The van der Waals surface area contributed by atoms with E-state index < -0.39 is 17.8 Å². The van der Waals surface area contributed by atoms with Crippen LogP contribution >= 0.6 is 0 Å². The molecule has 2 aromatic rings. The van der Waals surface area contributed by atoms with E-state index in [1.54, 1.807) is 23.1 Å². The smallest absolute Gasteiger partial charge is 0.399 e. The Labute approximate surface area is 211 Å². The predicted molar refractivity (Wildman–Crippen MR) is 138 cm³/mol. The molecule has 196 valence electrons. The van der Waals surface area contributed by atoms with Gasteiger partial charge in [0.15, 0.2) is 0 Å². The minimum atomic E-state index is -4.45. The number of amides is 1. The van der Waals surface area contributed by atoms with Crippen LogP contribution in [0.15, 0.2) is 59.8 Å². The van der Waals surface area contributed by atoms with Crippen molar-refractivity contribution in [3.63, 3.8) is 0 Å². The number of anilines is 2. The number of likely N-dealkylation sites (N-methyl/N-ethyl adjacent to an activating group) is 1. The third kappa shape index (κ3) is 7.24. The topological polar surface area (TPSA) is 73.6 Å². The quantitative estimate of drug-likeness (QED) is 0.285. The first-order valence-electron chi connectivity index (χ1n) is 12.3. The van der Waals surface area contributed by atoms with Gasteiger partial charge in [0.05, 0.1) is 23.7 Å². The molecule has 0 bridgehead atoms. The van der Waals surface area contributed by atoms with E-state index >= 15 is 0 Å². The van der Waals surface area contributed by atoms with Crippen LogP contribution < -0.4 is 16.4 Å². The Hall–Kier alpha value is -3.04. The molecular weight excluding hydrogens is 467 g/mol. The Kier molecular flexibility index (Phi) is 9.39. The number of rotatable bonds is 12. The summed E-state index contributed by atoms with van der Waals surface area (Å²) in [5.74, 6) is -0.131. The van der Waals surface area contributed by atoms with Crippen molar-refractivity contribution < 1.29 is 18.0 Å². The molecule has 1 aliphatic rings. The average molecular weight is 504 g/mol. The lowest BCUT2D eigenvalue weighted by molar-refractivity contribution is -0.137. The average Bonchev–Trinajstić information content (AvgIpc) is 3.13. The van der Waals surface area contributed by atoms with Crippen molar-refractivity contribution in [1.82, 2.24) is 15.1 Å². The summed E-state index contributed by atoms with van der Waals surface area (Å²) in [7, 11) is 4.10. The van der Waals surface area contributed by atoms with E-state index in [4.69, 9.17) is 5.73 Å². The van der Waals surface area contributed by atoms with E-state index in [1.807, 2.05) is 33.2 Å². The number of hydrogen-bond donors (Lipinski definition) is 3. The highest BCUT2D eigenvalue weighted by atomic mass is 19.4. The first-order chi connectivity index (χ1) is 17.1. The Morgan fingerprint density at radius 1 is 1.08 bits per heavy atom. The number of alkyl halides is 3. The van der Waals surface area contributed by atoms with E-state index in [0.29, 0.717) is 42.3 Å².